The number of carboxylic acid groups (broad SMARTS) is 1. The first kappa shape index (κ1) is 15.2. The molecule has 4 heteroatoms. The third kappa shape index (κ3) is 4.26. The van der Waals surface area contributed by atoms with Crippen molar-refractivity contribution in [2.24, 2.45) is 0 Å². The fraction of sp³-hybridized carbons (Fsp3) is 0.385. The average Bonchev–Trinajstić information content (AvgIpc) is 2.39. The molecule has 1 unspecified atom stereocenters. The van der Waals surface area contributed by atoms with Crippen LogP contribution in [0.1, 0.15) is 42.6 Å². The number of aromatic carboxylic acids is 1. The van der Waals surface area contributed by atoms with Gasteiger partial charge in [0.15, 0.2) is 0 Å². The van der Waals surface area contributed by atoms with Gasteiger partial charge in [-0.3, -0.25) is 4.79 Å². The van der Waals surface area contributed by atoms with Crippen molar-refractivity contribution in [2.75, 3.05) is 7.05 Å². The number of nitrogens with one attached hydrogen (secondary N) is 1. The molecule has 2 N–H and O–H groups in total. The summed E-state index contributed by atoms with van der Waals surface area (Å²) >= 11 is 0. The Morgan fingerprint density at radius 1 is 1.18 bits per heavy atom. The number of carbonyl (C=O) groups is 2. The molecule has 1 atom stereocenters. The van der Waals surface area contributed by atoms with E-state index in [0.29, 0.717) is 0 Å². The maximum absolute atomic E-state index is 11.3. The fourth-order valence-electron chi connectivity index (χ4n) is 1.28. The van der Waals surface area contributed by atoms with E-state index in [2.05, 4.69) is 5.32 Å². The van der Waals surface area contributed by atoms with Gasteiger partial charge in [0.2, 0.25) is 5.91 Å². The summed E-state index contributed by atoms with van der Waals surface area (Å²) in [6.45, 7) is 5.77. The largest absolute Gasteiger partial charge is 0.478 e. The second-order valence-corrected chi connectivity index (χ2v) is 3.26. The molecule has 1 aromatic carbocycles. The van der Waals surface area contributed by atoms with Gasteiger partial charge in [0, 0.05) is 7.05 Å². The van der Waals surface area contributed by atoms with E-state index in [4.69, 9.17) is 5.11 Å². The lowest BCUT2D eigenvalue weighted by atomic mass is 9.99. The average molecular weight is 237 g/mol. The van der Waals surface area contributed by atoms with Gasteiger partial charge in [0.25, 0.3) is 0 Å². The monoisotopic (exact) mass is 237 g/mol. The Morgan fingerprint density at radius 2 is 1.65 bits per heavy atom. The minimum atomic E-state index is -0.964. The van der Waals surface area contributed by atoms with E-state index in [1.807, 2.05) is 13.8 Å². The molecule has 0 aliphatic carbocycles. The number of likely N-dealkylation sites (N-methyl/N-ethyl adjacent to an activating group) is 1. The molecule has 17 heavy (non-hydrogen) atoms. The van der Waals surface area contributed by atoms with E-state index < -0.39 is 5.97 Å². The Labute approximate surface area is 102 Å². The maximum atomic E-state index is 11.3. The van der Waals surface area contributed by atoms with Crippen LogP contribution in [-0.2, 0) is 4.79 Å². The van der Waals surface area contributed by atoms with Crippen LogP contribution in [0.15, 0.2) is 24.3 Å². The van der Waals surface area contributed by atoms with Crippen LogP contribution in [0, 0.1) is 0 Å². The summed E-state index contributed by atoms with van der Waals surface area (Å²) in [7, 11) is 1.57. The van der Waals surface area contributed by atoms with Crippen molar-refractivity contribution in [1.29, 1.82) is 0 Å². The quantitative estimate of drug-likeness (QED) is 0.847. The number of amides is 1. The van der Waals surface area contributed by atoms with Crippen LogP contribution in [0.4, 0.5) is 0 Å². The van der Waals surface area contributed by atoms with Crippen LogP contribution in [0.25, 0.3) is 0 Å². The Bertz CT molecular complexity index is 371. The third-order valence-electron chi connectivity index (χ3n) is 2.30. The molecule has 0 aromatic heterocycles. The standard InChI is InChI=1S/C11H13NO3.C2H6/c1-7(10(13)12-2)8-3-5-9(6-4-8)11(14)15;1-2/h3-7H,1-2H3,(H,12,13)(H,14,15);1-2H3. The molecule has 1 rings (SSSR count). The highest BCUT2D eigenvalue weighted by Crippen LogP contribution is 2.15. The fourth-order valence-corrected chi connectivity index (χ4v) is 1.28. The molecular formula is C13H19NO3. The molecule has 0 fully saturated rings. The van der Waals surface area contributed by atoms with Gasteiger partial charge in [-0.15, -0.1) is 0 Å². The normalized spacial score (nSPS) is 10.8. The van der Waals surface area contributed by atoms with Crippen LogP contribution >= 0.6 is 0 Å². The van der Waals surface area contributed by atoms with E-state index in [1.54, 1.807) is 26.1 Å². The number of hydrogen-bond donors (Lipinski definition) is 2. The molecule has 0 aliphatic heterocycles. The Balaban J connectivity index is 0.00000121. The maximum Gasteiger partial charge on any atom is 0.335 e. The van der Waals surface area contributed by atoms with Crippen molar-refractivity contribution < 1.29 is 14.7 Å². The number of hydrogen-bond acceptors (Lipinski definition) is 2. The number of benzene rings is 1. The van der Waals surface area contributed by atoms with Crippen LogP contribution in [-0.4, -0.2) is 24.0 Å². The summed E-state index contributed by atoms with van der Waals surface area (Å²) in [5.74, 6) is -1.31. The van der Waals surface area contributed by atoms with Gasteiger partial charge < -0.3 is 10.4 Å². The zero-order valence-corrected chi connectivity index (χ0v) is 10.7. The molecule has 1 amide bonds. The van der Waals surface area contributed by atoms with E-state index in [0.717, 1.165) is 5.56 Å². The van der Waals surface area contributed by atoms with E-state index >= 15 is 0 Å². The highest BCUT2D eigenvalue weighted by molar-refractivity contribution is 5.88. The summed E-state index contributed by atoms with van der Waals surface area (Å²) in [5.41, 5.74) is 1.03. The molecule has 0 bridgehead atoms. The van der Waals surface area contributed by atoms with Gasteiger partial charge >= 0.3 is 5.97 Å². The van der Waals surface area contributed by atoms with Crippen molar-refractivity contribution in [3.05, 3.63) is 35.4 Å². The van der Waals surface area contributed by atoms with Gasteiger partial charge in [-0.2, -0.15) is 0 Å². The molecule has 1 aromatic rings. The first-order valence-electron chi connectivity index (χ1n) is 5.61. The van der Waals surface area contributed by atoms with Crippen molar-refractivity contribution in [3.8, 4) is 0 Å². The van der Waals surface area contributed by atoms with Crippen molar-refractivity contribution in [3.63, 3.8) is 0 Å². The van der Waals surface area contributed by atoms with E-state index in [-0.39, 0.29) is 17.4 Å². The lowest BCUT2D eigenvalue weighted by Gasteiger charge is -2.09. The third-order valence-corrected chi connectivity index (χ3v) is 2.30. The molecular weight excluding hydrogens is 218 g/mol. The number of carboxylic acids is 1. The predicted octanol–water partition coefficient (Wildman–Crippen LogP) is 2.26. The Hall–Kier alpha value is -1.84. The van der Waals surface area contributed by atoms with Crippen LogP contribution in [0.3, 0.4) is 0 Å². The first-order valence-corrected chi connectivity index (χ1v) is 5.61. The van der Waals surface area contributed by atoms with Crippen LogP contribution in [0.5, 0.6) is 0 Å². The van der Waals surface area contributed by atoms with Crippen LogP contribution < -0.4 is 5.32 Å². The lowest BCUT2D eigenvalue weighted by molar-refractivity contribution is -0.121. The summed E-state index contributed by atoms with van der Waals surface area (Å²) in [6, 6.07) is 6.31. The minimum absolute atomic E-state index is 0.0851. The van der Waals surface area contributed by atoms with Gasteiger partial charge in [-0.25, -0.2) is 4.79 Å². The van der Waals surface area contributed by atoms with Crippen molar-refractivity contribution in [2.45, 2.75) is 26.7 Å². The SMILES string of the molecule is CC.CNC(=O)C(C)c1ccc(C(=O)O)cc1. The highest BCUT2D eigenvalue weighted by atomic mass is 16.4. The number of carbonyl (C=O) groups excluding carboxylic acids is 1. The zero-order chi connectivity index (χ0) is 13.4. The topological polar surface area (TPSA) is 66.4 Å². The predicted molar refractivity (Wildman–Crippen MR) is 67.2 cm³/mol. The molecule has 0 aliphatic rings. The minimum Gasteiger partial charge on any atom is -0.478 e. The van der Waals surface area contributed by atoms with Gasteiger partial charge in [-0.05, 0) is 24.6 Å². The molecule has 0 spiro atoms. The Morgan fingerprint density at radius 3 is 2.00 bits per heavy atom. The molecule has 0 saturated carbocycles. The second kappa shape index (κ2) is 7.44. The molecule has 4 nitrogen and oxygen atoms in total. The van der Waals surface area contributed by atoms with Crippen molar-refractivity contribution >= 4 is 11.9 Å². The summed E-state index contributed by atoms with van der Waals surface area (Å²) in [6.07, 6.45) is 0. The lowest BCUT2D eigenvalue weighted by Crippen LogP contribution is -2.23. The summed E-state index contributed by atoms with van der Waals surface area (Å²) < 4.78 is 0. The second-order valence-electron chi connectivity index (χ2n) is 3.26. The number of rotatable bonds is 3. The van der Waals surface area contributed by atoms with Gasteiger partial charge in [0.05, 0.1) is 11.5 Å². The molecule has 94 valence electrons. The highest BCUT2D eigenvalue weighted by Gasteiger charge is 2.13. The van der Waals surface area contributed by atoms with Gasteiger partial charge in [0.1, 0.15) is 0 Å². The smallest absolute Gasteiger partial charge is 0.335 e. The zero-order valence-electron chi connectivity index (χ0n) is 10.7. The van der Waals surface area contributed by atoms with Crippen LogP contribution in [0.2, 0.25) is 0 Å². The summed E-state index contributed by atoms with van der Waals surface area (Å²) in [5, 5.41) is 11.2. The summed E-state index contributed by atoms with van der Waals surface area (Å²) in [4.78, 5) is 21.9. The first-order chi connectivity index (χ1) is 8.06. The molecule has 0 radical (unpaired) electrons. The van der Waals surface area contributed by atoms with Gasteiger partial charge in [-0.1, -0.05) is 26.0 Å². The Kier molecular flexibility index (Phi) is 6.63. The van der Waals surface area contributed by atoms with E-state index in [1.165, 1.54) is 12.1 Å². The molecule has 0 saturated heterocycles. The van der Waals surface area contributed by atoms with E-state index in [9.17, 15) is 9.59 Å². The molecule has 0 heterocycles. The van der Waals surface area contributed by atoms with Crippen molar-refractivity contribution in [1.82, 2.24) is 5.32 Å².